The van der Waals surface area contributed by atoms with Gasteiger partial charge in [0.05, 0.1) is 83.5 Å². The predicted octanol–water partition coefficient (Wildman–Crippen LogP) is -12.5. The molecular weight excluding hydrogens is 2310 g/mol. The van der Waals surface area contributed by atoms with E-state index in [0.29, 0.717) is 21.3 Å². The van der Waals surface area contributed by atoms with E-state index in [1.54, 1.807) is 30.4 Å². The zero-order chi connectivity index (χ0) is 94.5. The molecule has 0 aromatic heterocycles. The van der Waals surface area contributed by atoms with E-state index in [9.17, 15) is 128 Å². The molecule has 0 heterocycles. The first-order valence-corrected chi connectivity index (χ1v) is 48.3. The normalized spacial score (nSPS) is 11.2. The number of halogens is 2. The molecule has 0 radical (unpaired) electrons. The van der Waals surface area contributed by atoms with Crippen molar-refractivity contribution >= 4 is 235 Å². The molecule has 0 saturated heterocycles. The van der Waals surface area contributed by atoms with E-state index in [4.69, 9.17) is 35.5 Å². The van der Waals surface area contributed by atoms with Gasteiger partial charge in [-0.1, -0.05) is 117 Å². The third kappa shape index (κ3) is 43.5. The zero-order valence-electron chi connectivity index (χ0n) is 69.5. The van der Waals surface area contributed by atoms with Crippen LogP contribution in [0.2, 0.25) is 0 Å². The van der Waals surface area contributed by atoms with Crippen molar-refractivity contribution in [3.05, 3.63) is 310 Å². The van der Waals surface area contributed by atoms with Crippen LogP contribution in [-0.2, 0) is 101 Å². The minimum absolute atomic E-state index is 0. The molecule has 0 aliphatic carbocycles. The average molecular weight is 2350 g/mol. The van der Waals surface area contributed by atoms with Gasteiger partial charge < -0.3 is 31.9 Å². The topological polar surface area (TPSA) is 756 Å². The number of azide groups is 2. The van der Waals surface area contributed by atoms with Gasteiger partial charge in [0.1, 0.15) is 70.8 Å². The molecule has 64 heteroatoms. The number of sulfonamides is 2. The van der Waals surface area contributed by atoms with E-state index in [0.717, 1.165) is 143 Å². The maximum atomic E-state index is 12.7. The zero-order valence-corrected chi connectivity index (χ0v) is 100. The molecule has 0 unspecified atom stereocenters. The van der Waals surface area contributed by atoms with Gasteiger partial charge in [-0.05, 0) is 164 Å². The standard InChI is InChI=1S/C26H20N4O14S4.C16H10N2O6S2.C14H9I2O3S.C14H10N6O6S2.2K.6Na.O3S/c31-29(32)21-7-11-23(12-8-21)45(35,36)27-19-5-3-17(25(15-19)47(39,40)41)1-2-18-4-6-20(16-26(18)48(42,43)44)28-46(37,38)24-13-9-22(10-14-24)30(33)34;1-18-14-7-6-13(16(9-14)26(22,23)24)5-4-12-3-2-11(10-17)8-15(12)25(19,20)21;15-12-6-2-10(3-7-12)1-4-11-5-8-13(16)9-14(11)20(17,18)19;15-19-17-11-5-3-9(13(7-11)27(21,22)23)1-2-10-4-6-12(18-20-16)8-14(10)28(24,25)26;;;;;;;;;1-4(2)3/h1-16,27-28H,(H,39,40,41)(H,42,43,44);2-9H,(H,19,20,21)(H,22,23,24);1-2,4-9H,(H,17,18,19);1-8H,(H,21,22,23)(H,24,25,26);;;;;;;;;/q;;-1;;8*+1;/p-7/b2-1+;5-4+;4-1+;2-1+;;;;;;;;;. The van der Waals surface area contributed by atoms with Gasteiger partial charge in [-0.25, -0.2) is 80.6 Å². The molecule has 0 amide bonds. The van der Waals surface area contributed by atoms with Gasteiger partial charge in [0.25, 0.3) is 31.4 Å². The first-order chi connectivity index (χ1) is 58.4. The van der Waals surface area contributed by atoms with Crippen LogP contribution in [0, 0.1) is 51.3 Å². The summed E-state index contributed by atoms with van der Waals surface area (Å²) in [5.74, 6) is 0. The van der Waals surface area contributed by atoms with Crippen LogP contribution < -0.4 is 290 Å². The number of nitro groups is 2. The molecule has 0 atom stereocenters. The maximum absolute atomic E-state index is 12.7. The van der Waals surface area contributed by atoms with E-state index >= 15 is 0 Å². The molecular formula is C70H42I2K2N12Na6O32S10. The predicted molar refractivity (Wildman–Crippen MR) is 453 cm³/mol. The first-order valence-electron chi connectivity index (χ1n) is 32.3. The number of hydrogen-bond donors (Lipinski definition) is 2. The van der Waals surface area contributed by atoms with Crippen molar-refractivity contribution in [2.45, 2.75) is 44.1 Å². The third-order valence-electron chi connectivity index (χ3n) is 15.3. The fraction of sp³-hybridized carbons (Fsp3) is 0. The monoisotopic (exact) mass is 2350 g/mol. The molecule has 0 bridgehead atoms. The van der Waals surface area contributed by atoms with Crippen molar-refractivity contribution < 1.29 is 410 Å². The van der Waals surface area contributed by atoms with Crippen molar-refractivity contribution in [1.82, 2.24) is 0 Å². The average Bonchev–Trinajstić information content (AvgIpc) is 0.778. The molecule has 44 nitrogen and oxygen atoms in total. The summed E-state index contributed by atoms with van der Waals surface area (Å²) in [6, 6.07) is 41.3. The number of nitro benzene ring substituents is 2. The van der Waals surface area contributed by atoms with Crippen LogP contribution in [0.3, 0.4) is 0 Å². The number of benzene rings is 10. The van der Waals surface area contributed by atoms with Gasteiger partial charge >= 0.3 is 291 Å². The Kier molecular flexibility index (Phi) is 60.2. The largest absolute Gasteiger partial charge is 1.00 e. The Morgan fingerprint density at radius 2 is 0.664 bits per heavy atom. The molecule has 0 fully saturated rings. The summed E-state index contributed by atoms with van der Waals surface area (Å²) in [5, 5.41) is 36.9. The van der Waals surface area contributed by atoms with Gasteiger partial charge in [-0.15, -0.1) is 65.6 Å². The molecule has 10 rings (SSSR count). The van der Waals surface area contributed by atoms with Crippen LogP contribution >= 0.6 is 45.2 Å². The van der Waals surface area contributed by atoms with E-state index in [-0.39, 0.29) is 341 Å². The minimum Gasteiger partial charge on any atom is -0.744 e. The molecule has 0 aliphatic heterocycles. The maximum Gasteiger partial charge on any atom is 1.00 e. The number of hydrogen-bond acceptors (Lipinski definition) is 35. The van der Waals surface area contributed by atoms with Crippen LogP contribution in [0.1, 0.15) is 50.1 Å². The minimum atomic E-state index is -5.30. The number of nitrogens with one attached hydrogen (secondary N) is 2. The summed E-state index contributed by atoms with van der Waals surface area (Å²) in [6.07, 6.45) is 9.67. The summed E-state index contributed by atoms with van der Waals surface area (Å²) < 4.78 is 325. The van der Waals surface area contributed by atoms with Crippen LogP contribution in [0.4, 0.5) is 39.8 Å². The molecule has 0 aliphatic rings. The summed E-state index contributed by atoms with van der Waals surface area (Å²) in [6.45, 7) is 6.87. The number of anilines is 2. The van der Waals surface area contributed by atoms with Gasteiger partial charge in [0, 0.05) is 49.0 Å². The van der Waals surface area contributed by atoms with Crippen molar-refractivity contribution in [2.24, 2.45) is 10.2 Å². The first kappa shape index (κ1) is 135. The van der Waals surface area contributed by atoms with Crippen molar-refractivity contribution in [3.63, 3.8) is 0 Å². The SMILES string of the molecule is O=S(=O)([O-])c1cc(I)ccc1/C=C/c1[c-]cc(I)cc1.O=S(=O)=O.O=[N+]([O-])c1ccc(S(=O)(=O)Nc2ccc(/C=C/c3ccc(NS(=O)(=O)c4ccc([N+](=O)[O-])cc4)cc3S(=O)(=O)[O-])c(S(=O)(=O)[O-])c2)cc1.[C-]#[N+]c1ccc(/C=C/c2ccc(C#N)cc2S(=O)(=O)[O-])c(S(=O)(=O)[O-])c1.[K+].[K+].[N-]=[N+]=Nc1ccc(/C=C/c2ccc(N=[N+]=[N-])cc2S(=O)(=O)[O-])c(S(=O)(=O)[O-])c1.[Na+].[Na+].[Na+].[Na+].[Na+].[Na+]. The molecule has 0 saturated carbocycles. The quantitative estimate of drug-likeness (QED) is 0.00512. The Bertz CT molecular complexity index is 7270. The van der Waals surface area contributed by atoms with Gasteiger partial charge in [-0.2, -0.15) is 10.8 Å². The molecule has 10 aromatic rings. The summed E-state index contributed by atoms with van der Waals surface area (Å²) in [5.41, 5.74) is 15.0. The third-order valence-corrected chi connectivity index (χ3v) is 25.6. The number of nitrogens with zero attached hydrogens (tertiary/aromatic N) is 10. The van der Waals surface area contributed by atoms with Crippen molar-refractivity contribution in [1.29, 1.82) is 5.26 Å². The Balaban J connectivity index is -0.00000173. The van der Waals surface area contributed by atoms with Crippen molar-refractivity contribution in [3.8, 4) is 6.07 Å². The molecule has 0 spiro atoms. The van der Waals surface area contributed by atoms with Gasteiger partial charge in [0.15, 0.2) is 5.69 Å². The second kappa shape index (κ2) is 59.8. The summed E-state index contributed by atoms with van der Waals surface area (Å²) in [7, 11) is -46.7. The van der Waals surface area contributed by atoms with Gasteiger partial charge in [0.2, 0.25) is 0 Å². The van der Waals surface area contributed by atoms with E-state index in [1.807, 2.05) is 50.2 Å². The fourth-order valence-electron chi connectivity index (χ4n) is 9.82. The number of rotatable bonds is 25. The second-order valence-electron chi connectivity index (χ2n) is 23.6. The Labute approximate surface area is 1010 Å². The second-order valence-corrected chi connectivity index (χ2v) is 39.3. The Hall–Kier alpha value is -3.22. The van der Waals surface area contributed by atoms with Gasteiger partial charge in [-0.3, -0.25) is 29.7 Å². The van der Waals surface area contributed by atoms with Crippen LogP contribution in [0.5, 0.6) is 0 Å². The number of nitriles is 1. The van der Waals surface area contributed by atoms with Crippen LogP contribution in [-0.4, -0.2) is 130 Å². The van der Waals surface area contributed by atoms with E-state index < -0.39 is 173 Å². The molecule has 656 valence electrons. The molecule has 10 aromatic carbocycles. The summed E-state index contributed by atoms with van der Waals surface area (Å²) >= 11 is 4.15. The van der Waals surface area contributed by atoms with Crippen molar-refractivity contribution in [2.75, 3.05) is 9.44 Å². The Morgan fingerprint density at radius 3 is 0.963 bits per heavy atom. The van der Waals surface area contributed by atoms with Crippen LogP contribution in [0.15, 0.2) is 248 Å². The Morgan fingerprint density at radius 1 is 0.388 bits per heavy atom. The van der Waals surface area contributed by atoms with E-state index in [2.05, 4.69) is 53.6 Å². The fourth-order valence-corrected chi connectivity index (χ4v) is 17.8. The molecule has 2 N–H and O–H groups in total. The smallest absolute Gasteiger partial charge is 0.744 e. The number of non-ortho nitro benzene ring substituents is 2. The van der Waals surface area contributed by atoms with Crippen LogP contribution in [0.25, 0.3) is 74.3 Å². The summed E-state index contributed by atoms with van der Waals surface area (Å²) in [4.78, 5) is 22.5. The molecule has 134 heavy (non-hydrogen) atoms. The van der Waals surface area contributed by atoms with E-state index in [1.165, 1.54) is 54.6 Å².